The van der Waals surface area contributed by atoms with Crippen LogP contribution in [0.2, 0.25) is 0 Å². The number of likely N-dealkylation sites (N-methyl/N-ethyl adjacent to an activating group) is 1. The van der Waals surface area contributed by atoms with Gasteiger partial charge in [-0.15, -0.1) is 11.3 Å². The highest BCUT2D eigenvalue weighted by molar-refractivity contribution is 9.10. The van der Waals surface area contributed by atoms with E-state index in [1.54, 1.807) is 22.7 Å². The van der Waals surface area contributed by atoms with Crippen molar-refractivity contribution < 1.29 is 23.9 Å². The number of nitrogens with one attached hydrogen (secondary N) is 2. The van der Waals surface area contributed by atoms with Gasteiger partial charge in [-0.25, -0.2) is 4.98 Å². The number of amides is 4. The van der Waals surface area contributed by atoms with E-state index >= 15 is 0 Å². The second kappa shape index (κ2) is 14.7. The number of carbonyl (C=O) groups excluding carboxylic acids is 4. The van der Waals surface area contributed by atoms with Gasteiger partial charge in [-0.2, -0.15) is 0 Å². The number of benzene rings is 2. The molecule has 2 N–H and O–H groups in total. The lowest BCUT2D eigenvalue weighted by molar-refractivity contribution is -0.136. The van der Waals surface area contributed by atoms with Crippen LogP contribution in [0.3, 0.4) is 0 Å². The van der Waals surface area contributed by atoms with Gasteiger partial charge in [0.25, 0.3) is 17.4 Å². The highest BCUT2D eigenvalue weighted by Crippen LogP contribution is 2.45. The number of carbonyl (C=O) groups is 4. The summed E-state index contributed by atoms with van der Waals surface area (Å²) in [6, 6.07) is 13.0. The Hall–Kier alpha value is -4.64. The maximum absolute atomic E-state index is 13.6. The second-order valence-electron chi connectivity index (χ2n) is 15.9. The zero-order valence-electron chi connectivity index (χ0n) is 31.0. The van der Waals surface area contributed by atoms with E-state index in [9.17, 15) is 24.0 Å². The van der Waals surface area contributed by atoms with Gasteiger partial charge in [0.05, 0.1) is 16.8 Å². The standard InChI is InChI=1S/C40H43BrN8O6S/c1-45-20-25(19-26(21-45)42-34-33(41)38(54)48-16-18-56-39(48)44-34)24-5-7-27(8-6-24)55-17-15-46-13-11-40(12-14-46)22-47(23-40)29-4-2-3-28-32(29)37(53)49(36(28)52)30-9-10-31(50)43-35(30)51/h2-8,16,18,25-26,30,42H,9-15,17,19-23H2,1H3,(H,43,50,51)/t25-,26+,30?/m0/s1. The normalized spacial score (nSPS) is 24.1. The van der Waals surface area contributed by atoms with Crippen LogP contribution in [-0.4, -0.2) is 119 Å². The number of anilines is 2. The molecule has 4 saturated heterocycles. The molecule has 5 aliphatic heterocycles. The summed E-state index contributed by atoms with van der Waals surface area (Å²) >= 11 is 4.91. The summed E-state index contributed by atoms with van der Waals surface area (Å²) in [6.45, 7) is 6.81. The molecule has 292 valence electrons. The minimum absolute atomic E-state index is 0.0956. The number of rotatable bonds is 9. The number of halogens is 1. The number of piperidine rings is 3. The van der Waals surface area contributed by atoms with E-state index in [1.165, 1.54) is 16.9 Å². The van der Waals surface area contributed by atoms with E-state index in [0.29, 0.717) is 38.9 Å². The van der Waals surface area contributed by atoms with Crippen LogP contribution in [0.15, 0.2) is 63.3 Å². The first-order chi connectivity index (χ1) is 27.1. The Labute approximate surface area is 335 Å². The fourth-order valence-electron chi connectivity index (χ4n) is 9.20. The van der Waals surface area contributed by atoms with Gasteiger partial charge in [-0.1, -0.05) is 18.2 Å². The lowest BCUT2D eigenvalue weighted by Crippen LogP contribution is -2.61. The molecule has 2 aromatic carbocycles. The molecule has 1 unspecified atom stereocenters. The quantitative estimate of drug-likeness (QED) is 0.237. The molecule has 14 nitrogen and oxygen atoms in total. The Bertz CT molecular complexity index is 2280. The predicted molar refractivity (Wildman–Crippen MR) is 215 cm³/mol. The first-order valence-electron chi connectivity index (χ1n) is 19.2. The van der Waals surface area contributed by atoms with Crippen molar-refractivity contribution >= 4 is 67.4 Å². The number of ether oxygens (including phenoxy) is 1. The number of likely N-dealkylation sites (tertiary alicyclic amines) is 2. The SMILES string of the molecule is CN1C[C@H](Nc2nc3sccn3c(=O)c2Br)C[C@H](c2ccc(OCCN3CCC4(CC3)CN(c3cccc5c3C(=O)N(C3CCC(=O)NC3=O)C5=O)C4)cc2)C1. The van der Waals surface area contributed by atoms with Gasteiger partial charge in [-0.3, -0.25) is 43.5 Å². The van der Waals surface area contributed by atoms with Crippen LogP contribution >= 0.6 is 27.3 Å². The molecule has 16 heteroatoms. The second-order valence-corrected chi connectivity index (χ2v) is 17.6. The molecule has 9 rings (SSSR count). The van der Waals surface area contributed by atoms with E-state index in [0.717, 1.165) is 81.4 Å². The number of hydrogen-bond acceptors (Lipinski definition) is 12. The monoisotopic (exact) mass is 842 g/mol. The predicted octanol–water partition coefficient (Wildman–Crippen LogP) is 3.80. The molecule has 5 aliphatic rings. The van der Waals surface area contributed by atoms with Crippen molar-refractivity contribution in [2.24, 2.45) is 5.41 Å². The van der Waals surface area contributed by atoms with Crippen LogP contribution < -0.4 is 25.8 Å². The molecule has 2 aromatic heterocycles. The molecule has 0 bridgehead atoms. The molecule has 0 aliphatic carbocycles. The lowest BCUT2D eigenvalue weighted by atomic mass is 9.71. The third-order valence-corrected chi connectivity index (χ3v) is 13.6. The summed E-state index contributed by atoms with van der Waals surface area (Å²) in [5.41, 5.74) is 2.73. The summed E-state index contributed by atoms with van der Waals surface area (Å²) < 4.78 is 8.20. The first kappa shape index (κ1) is 37.0. The average Bonchev–Trinajstić information content (AvgIpc) is 3.75. The average molecular weight is 844 g/mol. The van der Waals surface area contributed by atoms with Gasteiger partial charge in [0.2, 0.25) is 11.8 Å². The lowest BCUT2D eigenvalue weighted by Gasteiger charge is -2.55. The van der Waals surface area contributed by atoms with Crippen molar-refractivity contribution in [2.75, 3.05) is 69.7 Å². The van der Waals surface area contributed by atoms with Crippen LogP contribution in [0.25, 0.3) is 4.96 Å². The molecular formula is C40H43BrN8O6S. The fraction of sp³-hybridized carbons (Fsp3) is 0.450. The van der Waals surface area contributed by atoms with Crippen molar-refractivity contribution in [1.82, 2.24) is 29.4 Å². The molecule has 4 aromatic rings. The molecule has 1 spiro atoms. The minimum Gasteiger partial charge on any atom is -0.492 e. The molecule has 0 radical (unpaired) electrons. The molecule has 4 amide bonds. The Morgan fingerprint density at radius 1 is 1.02 bits per heavy atom. The zero-order valence-corrected chi connectivity index (χ0v) is 33.4. The van der Waals surface area contributed by atoms with Gasteiger partial charge >= 0.3 is 0 Å². The van der Waals surface area contributed by atoms with E-state index in [2.05, 4.69) is 72.6 Å². The number of fused-ring (bicyclic) bond motifs is 2. The number of imide groups is 2. The summed E-state index contributed by atoms with van der Waals surface area (Å²) in [4.78, 5) is 77.3. The van der Waals surface area contributed by atoms with Crippen molar-refractivity contribution in [3.05, 3.63) is 85.6 Å². The largest absolute Gasteiger partial charge is 0.492 e. The van der Waals surface area contributed by atoms with Crippen LogP contribution in [-0.2, 0) is 9.59 Å². The van der Waals surface area contributed by atoms with Gasteiger partial charge in [0, 0.05) is 62.2 Å². The topological polar surface area (TPSA) is 149 Å². The molecule has 3 atom stereocenters. The summed E-state index contributed by atoms with van der Waals surface area (Å²) in [6.07, 6.45) is 4.98. The van der Waals surface area contributed by atoms with Gasteiger partial charge in [0.15, 0.2) is 4.96 Å². The van der Waals surface area contributed by atoms with Gasteiger partial charge in [-0.05, 0) is 97.5 Å². The molecule has 56 heavy (non-hydrogen) atoms. The van der Waals surface area contributed by atoms with E-state index in [1.807, 2.05) is 11.4 Å². The Balaban J connectivity index is 0.744. The minimum atomic E-state index is -0.973. The van der Waals surface area contributed by atoms with E-state index < -0.39 is 23.8 Å². The number of nitrogens with zero attached hydrogens (tertiary/aromatic N) is 6. The Morgan fingerprint density at radius 3 is 2.57 bits per heavy atom. The number of aromatic nitrogens is 2. The van der Waals surface area contributed by atoms with E-state index in [4.69, 9.17) is 9.72 Å². The van der Waals surface area contributed by atoms with Crippen LogP contribution in [0.1, 0.15) is 64.3 Å². The van der Waals surface area contributed by atoms with E-state index in [-0.39, 0.29) is 35.8 Å². The zero-order chi connectivity index (χ0) is 38.7. The smallest absolute Gasteiger partial charge is 0.275 e. The van der Waals surface area contributed by atoms with Gasteiger partial charge in [0.1, 0.15) is 28.7 Å². The highest BCUT2D eigenvalue weighted by Gasteiger charge is 2.50. The summed E-state index contributed by atoms with van der Waals surface area (Å²) in [5.74, 6) is -0.149. The maximum Gasteiger partial charge on any atom is 0.275 e. The van der Waals surface area contributed by atoms with Crippen molar-refractivity contribution in [3.8, 4) is 5.75 Å². The van der Waals surface area contributed by atoms with Crippen molar-refractivity contribution in [1.29, 1.82) is 0 Å². The van der Waals surface area contributed by atoms with Crippen LogP contribution in [0.4, 0.5) is 11.5 Å². The fourth-order valence-corrected chi connectivity index (χ4v) is 10.3. The molecule has 7 heterocycles. The summed E-state index contributed by atoms with van der Waals surface area (Å²) in [7, 11) is 2.13. The molecule has 0 saturated carbocycles. The molecule has 4 fully saturated rings. The Kier molecular flexibility index (Phi) is 9.70. The third-order valence-electron chi connectivity index (χ3n) is 12.2. The number of hydrogen-bond donors (Lipinski definition) is 2. The number of thiazole rings is 1. The van der Waals surface area contributed by atoms with Gasteiger partial charge < -0.3 is 19.9 Å². The van der Waals surface area contributed by atoms with Crippen LogP contribution in [0, 0.1) is 5.41 Å². The first-order valence-corrected chi connectivity index (χ1v) is 20.9. The van der Waals surface area contributed by atoms with Crippen LogP contribution in [0.5, 0.6) is 5.75 Å². The summed E-state index contributed by atoms with van der Waals surface area (Å²) in [5, 5.41) is 7.67. The third kappa shape index (κ3) is 6.79. The Morgan fingerprint density at radius 2 is 1.80 bits per heavy atom. The maximum atomic E-state index is 13.6. The van der Waals surface area contributed by atoms with Crippen molar-refractivity contribution in [3.63, 3.8) is 0 Å². The van der Waals surface area contributed by atoms with Crippen molar-refractivity contribution in [2.45, 2.75) is 50.1 Å². The highest BCUT2D eigenvalue weighted by atomic mass is 79.9. The molecular weight excluding hydrogens is 800 g/mol.